The molecule has 4 nitrogen and oxygen atoms in total. The number of esters is 1. The molecule has 1 aliphatic carbocycles. The average molecular weight is 219 g/mol. The fraction of sp³-hybridized carbons (Fsp3) is 0.417. The third-order valence-electron chi connectivity index (χ3n) is 2.82. The standard InChI is InChI=1S/C12H13NO3/c1-16-12(15)7-11(14)9-6-8(9)10-4-2-3-5-13-10/h2-5,8-9H,6-7H2,1H3. The number of pyridine rings is 1. The molecule has 0 spiro atoms. The van der Waals surface area contributed by atoms with E-state index in [0.717, 1.165) is 12.1 Å². The molecule has 1 aromatic rings. The third kappa shape index (κ3) is 2.27. The average Bonchev–Trinajstić information content (AvgIpc) is 3.10. The number of Topliss-reactive ketones (excluding diaryl/α,β-unsaturated/α-hetero) is 1. The summed E-state index contributed by atoms with van der Waals surface area (Å²) >= 11 is 0. The molecule has 1 fully saturated rings. The Balaban J connectivity index is 1.92. The lowest BCUT2D eigenvalue weighted by molar-refractivity contribution is -0.143. The quantitative estimate of drug-likeness (QED) is 0.566. The van der Waals surface area contributed by atoms with E-state index in [0.29, 0.717) is 0 Å². The predicted molar refractivity (Wildman–Crippen MR) is 56.7 cm³/mol. The van der Waals surface area contributed by atoms with E-state index in [4.69, 9.17) is 0 Å². The lowest BCUT2D eigenvalue weighted by Gasteiger charge is -1.99. The number of rotatable bonds is 4. The highest BCUT2D eigenvalue weighted by Crippen LogP contribution is 2.47. The van der Waals surface area contributed by atoms with Gasteiger partial charge in [-0.25, -0.2) is 0 Å². The van der Waals surface area contributed by atoms with Crippen LogP contribution in [-0.2, 0) is 14.3 Å². The predicted octanol–water partition coefficient (Wildman–Crippen LogP) is 1.32. The summed E-state index contributed by atoms with van der Waals surface area (Å²) in [5, 5.41) is 0. The van der Waals surface area contributed by atoms with E-state index >= 15 is 0 Å². The lowest BCUT2D eigenvalue weighted by atomic mass is 10.1. The molecule has 1 aliphatic rings. The number of carbonyl (C=O) groups is 2. The fourth-order valence-electron chi connectivity index (χ4n) is 1.82. The van der Waals surface area contributed by atoms with Crippen molar-refractivity contribution < 1.29 is 14.3 Å². The molecule has 0 saturated heterocycles. The van der Waals surface area contributed by atoms with Crippen LogP contribution in [0, 0.1) is 5.92 Å². The van der Waals surface area contributed by atoms with E-state index in [2.05, 4.69) is 9.72 Å². The Labute approximate surface area is 93.6 Å². The number of ketones is 1. The molecule has 1 heterocycles. The fourth-order valence-corrected chi connectivity index (χ4v) is 1.82. The topological polar surface area (TPSA) is 56.3 Å². The number of ether oxygens (including phenoxy) is 1. The molecule has 84 valence electrons. The van der Waals surface area contributed by atoms with Gasteiger partial charge in [0.05, 0.1) is 7.11 Å². The minimum absolute atomic E-state index is 0.0393. The van der Waals surface area contributed by atoms with E-state index in [1.54, 1.807) is 6.20 Å². The number of aromatic nitrogens is 1. The Hall–Kier alpha value is -1.71. The maximum Gasteiger partial charge on any atom is 0.313 e. The monoisotopic (exact) mass is 219 g/mol. The summed E-state index contributed by atoms with van der Waals surface area (Å²) < 4.78 is 4.46. The van der Waals surface area contributed by atoms with Crippen LogP contribution in [0.15, 0.2) is 24.4 Å². The number of methoxy groups -OCH3 is 1. The molecular weight excluding hydrogens is 206 g/mol. The first-order valence-electron chi connectivity index (χ1n) is 5.23. The molecule has 4 heteroatoms. The molecule has 1 aromatic heterocycles. The summed E-state index contributed by atoms with van der Waals surface area (Å²) in [6, 6.07) is 5.66. The molecule has 1 saturated carbocycles. The third-order valence-corrected chi connectivity index (χ3v) is 2.82. The molecular formula is C12H13NO3. The van der Waals surface area contributed by atoms with E-state index in [1.165, 1.54) is 7.11 Å². The van der Waals surface area contributed by atoms with Gasteiger partial charge in [0.15, 0.2) is 0 Å². The maximum absolute atomic E-state index is 11.6. The Morgan fingerprint density at radius 1 is 1.50 bits per heavy atom. The molecule has 0 bridgehead atoms. The van der Waals surface area contributed by atoms with Crippen molar-refractivity contribution in [2.45, 2.75) is 18.8 Å². The van der Waals surface area contributed by atoms with Gasteiger partial charge in [0.2, 0.25) is 0 Å². The van der Waals surface area contributed by atoms with Crippen molar-refractivity contribution in [2.24, 2.45) is 5.92 Å². The maximum atomic E-state index is 11.6. The van der Waals surface area contributed by atoms with Crippen LogP contribution in [0.5, 0.6) is 0 Å². The van der Waals surface area contributed by atoms with Crippen molar-refractivity contribution in [3.8, 4) is 0 Å². The molecule has 0 aromatic carbocycles. The molecule has 0 radical (unpaired) electrons. The number of carbonyl (C=O) groups excluding carboxylic acids is 2. The molecule has 2 atom stereocenters. The number of hydrogen-bond acceptors (Lipinski definition) is 4. The normalized spacial score (nSPS) is 22.6. The first kappa shape index (κ1) is 10.8. The van der Waals surface area contributed by atoms with Gasteiger partial charge in [-0.15, -0.1) is 0 Å². The Morgan fingerprint density at radius 2 is 2.31 bits per heavy atom. The largest absolute Gasteiger partial charge is 0.469 e. The summed E-state index contributed by atoms with van der Waals surface area (Å²) in [6.07, 6.45) is 2.40. The Kier molecular flexibility index (Phi) is 2.99. The SMILES string of the molecule is COC(=O)CC(=O)C1CC1c1ccccn1. The second-order valence-corrected chi connectivity index (χ2v) is 3.92. The highest BCUT2D eigenvalue weighted by Gasteiger charge is 2.44. The second-order valence-electron chi connectivity index (χ2n) is 3.92. The van der Waals surface area contributed by atoms with Crippen molar-refractivity contribution in [3.05, 3.63) is 30.1 Å². The highest BCUT2D eigenvalue weighted by molar-refractivity contribution is 5.98. The zero-order valence-corrected chi connectivity index (χ0v) is 9.05. The molecule has 0 N–H and O–H groups in total. The number of nitrogens with zero attached hydrogens (tertiary/aromatic N) is 1. The van der Waals surface area contributed by atoms with Gasteiger partial charge in [-0.1, -0.05) is 6.07 Å². The highest BCUT2D eigenvalue weighted by atomic mass is 16.5. The summed E-state index contributed by atoms with van der Waals surface area (Å²) in [7, 11) is 1.29. The summed E-state index contributed by atoms with van der Waals surface area (Å²) in [6.45, 7) is 0. The van der Waals surface area contributed by atoms with Crippen molar-refractivity contribution in [3.63, 3.8) is 0 Å². The molecule has 0 amide bonds. The van der Waals surface area contributed by atoms with Crippen molar-refractivity contribution >= 4 is 11.8 Å². The van der Waals surface area contributed by atoms with Crippen LogP contribution in [0.2, 0.25) is 0 Å². The van der Waals surface area contributed by atoms with E-state index in [-0.39, 0.29) is 24.0 Å². The van der Waals surface area contributed by atoms with Crippen molar-refractivity contribution in [1.29, 1.82) is 0 Å². The Bertz CT molecular complexity index is 402. The van der Waals surface area contributed by atoms with Crippen LogP contribution in [0.25, 0.3) is 0 Å². The first-order valence-corrected chi connectivity index (χ1v) is 5.23. The summed E-state index contributed by atoms with van der Waals surface area (Å²) in [4.78, 5) is 26.8. The van der Waals surface area contributed by atoms with E-state index in [1.807, 2.05) is 18.2 Å². The van der Waals surface area contributed by atoms with E-state index < -0.39 is 5.97 Å². The molecule has 2 rings (SSSR count). The molecule has 16 heavy (non-hydrogen) atoms. The van der Waals surface area contributed by atoms with Crippen molar-refractivity contribution in [2.75, 3.05) is 7.11 Å². The van der Waals surface area contributed by atoms with E-state index in [9.17, 15) is 9.59 Å². The second kappa shape index (κ2) is 4.43. The zero-order chi connectivity index (χ0) is 11.5. The summed E-state index contributed by atoms with van der Waals surface area (Å²) in [5.41, 5.74) is 0.936. The van der Waals surface area contributed by atoms with Gasteiger partial charge in [0, 0.05) is 23.7 Å². The lowest BCUT2D eigenvalue weighted by Crippen LogP contribution is -2.11. The van der Waals surface area contributed by atoms with Gasteiger partial charge in [-0.3, -0.25) is 14.6 Å². The smallest absolute Gasteiger partial charge is 0.313 e. The van der Waals surface area contributed by atoms with Crippen LogP contribution in [-0.4, -0.2) is 23.8 Å². The van der Waals surface area contributed by atoms with Gasteiger partial charge in [-0.2, -0.15) is 0 Å². The van der Waals surface area contributed by atoms with Gasteiger partial charge in [-0.05, 0) is 18.6 Å². The van der Waals surface area contributed by atoms with Gasteiger partial charge < -0.3 is 4.74 Å². The van der Waals surface area contributed by atoms with Crippen LogP contribution < -0.4 is 0 Å². The van der Waals surface area contributed by atoms with Crippen LogP contribution in [0.3, 0.4) is 0 Å². The van der Waals surface area contributed by atoms with Crippen LogP contribution >= 0.6 is 0 Å². The first-order chi connectivity index (χ1) is 7.72. The van der Waals surface area contributed by atoms with Gasteiger partial charge >= 0.3 is 5.97 Å². The number of hydrogen-bond donors (Lipinski definition) is 0. The molecule has 0 aliphatic heterocycles. The van der Waals surface area contributed by atoms with Crippen LogP contribution in [0.1, 0.15) is 24.5 Å². The minimum atomic E-state index is -0.461. The Morgan fingerprint density at radius 3 is 2.94 bits per heavy atom. The summed E-state index contributed by atoms with van der Waals surface area (Å²) in [5.74, 6) is -0.355. The van der Waals surface area contributed by atoms with Crippen molar-refractivity contribution in [1.82, 2.24) is 4.98 Å². The molecule has 2 unspecified atom stereocenters. The zero-order valence-electron chi connectivity index (χ0n) is 9.05. The minimum Gasteiger partial charge on any atom is -0.469 e. The van der Waals surface area contributed by atoms with Gasteiger partial charge in [0.1, 0.15) is 12.2 Å². The van der Waals surface area contributed by atoms with Crippen LogP contribution in [0.4, 0.5) is 0 Å². The van der Waals surface area contributed by atoms with Gasteiger partial charge in [0.25, 0.3) is 0 Å².